The van der Waals surface area contributed by atoms with Crippen LogP contribution in [-0.2, 0) is 13.1 Å². The molecule has 1 aromatic carbocycles. The van der Waals surface area contributed by atoms with Crippen LogP contribution in [0.5, 0.6) is 0 Å². The minimum Gasteiger partial charge on any atom is -0.467 e. The van der Waals surface area contributed by atoms with Gasteiger partial charge in [0, 0.05) is 17.0 Å². The Morgan fingerprint density at radius 2 is 2.00 bits per heavy atom. The van der Waals surface area contributed by atoms with E-state index in [1.54, 1.807) is 10.9 Å². The van der Waals surface area contributed by atoms with Crippen LogP contribution in [0.3, 0.4) is 0 Å². The van der Waals surface area contributed by atoms with Gasteiger partial charge in [-0.1, -0.05) is 17.3 Å². The summed E-state index contributed by atoms with van der Waals surface area (Å²) in [5, 5.41) is 8.21. The van der Waals surface area contributed by atoms with Gasteiger partial charge in [0.05, 0.1) is 18.3 Å². The van der Waals surface area contributed by atoms with E-state index in [9.17, 15) is 4.79 Å². The molecule has 0 aliphatic carbocycles. The molecule has 0 atom stereocenters. The molecule has 25 heavy (non-hydrogen) atoms. The van der Waals surface area contributed by atoms with Gasteiger partial charge in [-0.2, -0.15) is 0 Å². The summed E-state index contributed by atoms with van der Waals surface area (Å²) < 4.78 is 9.16. The third kappa shape index (κ3) is 2.76. The number of hydrogen-bond acceptors (Lipinski definition) is 4. The SMILES string of the molecule is Cc1cc(C(=O)Cn2nnc3ccccc32)c(C)n1Cc1ccco1. The van der Waals surface area contributed by atoms with Crippen molar-refractivity contribution in [2.45, 2.75) is 26.9 Å². The maximum atomic E-state index is 12.8. The molecule has 3 heterocycles. The molecule has 0 spiro atoms. The number of para-hydroxylation sites is 1. The van der Waals surface area contributed by atoms with Crippen molar-refractivity contribution in [1.82, 2.24) is 19.6 Å². The molecule has 0 unspecified atom stereocenters. The van der Waals surface area contributed by atoms with Gasteiger partial charge in [0.25, 0.3) is 0 Å². The van der Waals surface area contributed by atoms with Crippen LogP contribution in [0.2, 0.25) is 0 Å². The molecule has 126 valence electrons. The van der Waals surface area contributed by atoms with Crippen LogP contribution in [0.1, 0.15) is 27.5 Å². The quantitative estimate of drug-likeness (QED) is 0.525. The number of aromatic nitrogens is 4. The number of hydrogen-bond donors (Lipinski definition) is 0. The van der Waals surface area contributed by atoms with E-state index in [-0.39, 0.29) is 12.3 Å². The molecule has 3 aromatic heterocycles. The average molecular weight is 334 g/mol. The fourth-order valence-corrected chi connectivity index (χ4v) is 3.14. The number of carbonyl (C=O) groups is 1. The van der Waals surface area contributed by atoms with Gasteiger partial charge in [-0.05, 0) is 44.2 Å². The van der Waals surface area contributed by atoms with E-state index in [4.69, 9.17) is 4.42 Å². The Hall–Kier alpha value is -3.15. The summed E-state index contributed by atoms with van der Waals surface area (Å²) in [6.07, 6.45) is 1.66. The number of rotatable bonds is 5. The smallest absolute Gasteiger partial charge is 0.186 e. The molecule has 0 saturated heterocycles. The predicted octanol–water partition coefficient (Wildman–Crippen LogP) is 3.37. The third-order valence-electron chi connectivity index (χ3n) is 4.48. The molecular weight excluding hydrogens is 316 g/mol. The minimum absolute atomic E-state index is 0.0226. The molecule has 0 bridgehead atoms. The van der Waals surface area contributed by atoms with Crippen molar-refractivity contribution >= 4 is 16.8 Å². The molecule has 4 rings (SSSR count). The highest BCUT2D eigenvalue weighted by Gasteiger charge is 2.18. The van der Waals surface area contributed by atoms with Crippen LogP contribution >= 0.6 is 0 Å². The number of Topliss-reactive ketones (excluding diaryl/α,β-unsaturated/α-hetero) is 1. The second kappa shape index (κ2) is 6.05. The van der Waals surface area contributed by atoms with Gasteiger partial charge in [0.15, 0.2) is 5.78 Å². The summed E-state index contributed by atoms with van der Waals surface area (Å²) in [6, 6.07) is 13.4. The van der Waals surface area contributed by atoms with Gasteiger partial charge in [-0.3, -0.25) is 4.79 Å². The normalized spacial score (nSPS) is 11.3. The van der Waals surface area contributed by atoms with Crippen molar-refractivity contribution in [2.75, 3.05) is 0 Å². The van der Waals surface area contributed by atoms with E-state index in [2.05, 4.69) is 14.9 Å². The Morgan fingerprint density at radius 3 is 2.80 bits per heavy atom. The predicted molar refractivity (Wildman–Crippen MR) is 93.6 cm³/mol. The monoisotopic (exact) mass is 334 g/mol. The Morgan fingerprint density at radius 1 is 1.16 bits per heavy atom. The highest BCUT2D eigenvalue weighted by Crippen LogP contribution is 2.19. The first kappa shape index (κ1) is 15.4. The van der Waals surface area contributed by atoms with Crippen molar-refractivity contribution in [2.24, 2.45) is 0 Å². The third-order valence-corrected chi connectivity index (χ3v) is 4.48. The highest BCUT2D eigenvalue weighted by atomic mass is 16.3. The number of aryl methyl sites for hydroxylation is 1. The lowest BCUT2D eigenvalue weighted by Crippen LogP contribution is -2.13. The Kier molecular flexibility index (Phi) is 3.72. The zero-order valence-corrected chi connectivity index (χ0v) is 14.1. The van der Waals surface area contributed by atoms with Crippen LogP contribution in [0.25, 0.3) is 11.0 Å². The van der Waals surface area contributed by atoms with E-state index < -0.39 is 0 Å². The number of benzene rings is 1. The van der Waals surface area contributed by atoms with E-state index in [1.807, 2.05) is 56.3 Å². The van der Waals surface area contributed by atoms with Gasteiger partial charge in [0.2, 0.25) is 0 Å². The average Bonchev–Trinajstić information content (AvgIpc) is 3.32. The standard InChI is InChI=1S/C19H18N4O2/c1-13-10-16(14(2)22(13)11-15-6-5-9-25-15)19(24)12-23-18-8-4-3-7-17(18)20-21-23/h3-10H,11-12H2,1-2H3. The molecule has 0 amide bonds. The topological polar surface area (TPSA) is 65.8 Å². The summed E-state index contributed by atoms with van der Waals surface area (Å²) in [5.74, 6) is 0.887. The molecule has 4 aromatic rings. The molecule has 0 aliphatic heterocycles. The molecule has 0 N–H and O–H groups in total. The maximum Gasteiger partial charge on any atom is 0.186 e. The lowest BCUT2D eigenvalue weighted by atomic mass is 10.1. The van der Waals surface area contributed by atoms with Crippen LogP contribution in [0.4, 0.5) is 0 Å². The van der Waals surface area contributed by atoms with Crippen LogP contribution < -0.4 is 0 Å². The summed E-state index contributed by atoms with van der Waals surface area (Å²) in [4.78, 5) is 12.8. The first-order chi connectivity index (χ1) is 12.1. The zero-order chi connectivity index (χ0) is 17.4. The van der Waals surface area contributed by atoms with E-state index in [0.29, 0.717) is 12.1 Å². The number of nitrogens with zero attached hydrogens (tertiary/aromatic N) is 4. The molecule has 6 nitrogen and oxygen atoms in total. The van der Waals surface area contributed by atoms with Crippen molar-refractivity contribution in [1.29, 1.82) is 0 Å². The fraction of sp³-hybridized carbons (Fsp3) is 0.211. The summed E-state index contributed by atoms with van der Waals surface area (Å²) >= 11 is 0. The molecule has 0 radical (unpaired) electrons. The number of fused-ring (bicyclic) bond motifs is 1. The number of furan rings is 1. The van der Waals surface area contributed by atoms with Gasteiger partial charge in [-0.15, -0.1) is 5.10 Å². The van der Waals surface area contributed by atoms with Crippen molar-refractivity contribution < 1.29 is 9.21 Å². The van der Waals surface area contributed by atoms with Crippen LogP contribution in [-0.4, -0.2) is 25.3 Å². The first-order valence-electron chi connectivity index (χ1n) is 8.14. The lowest BCUT2D eigenvalue weighted by Gasteiger charge is -2.08. The fourth-order valence-electron chi connectivity index (χ4n) is 3.14. The second-order valence-corrected chi connectivity index (χ2v) is 6.11. The van der Waals surface area contributed by atoms with E-state index >= 15 is 0 Å². The van der Waals surface area contributed by atoms with E-state index in [0.717, 1.165) is 28.2 Å². The molecule has 0 fully saturated rings. The highest BCUT2D eigenvalue weighted by molar-refractivity contribution is 5.97. The zero-order valence-electron chi connectivity index (χ0n) is 14.1. The van der Waals surface area contributed by atoms with E-state index in [1.165, 1.54) is 0 Å². The molecule has 0 saturated carbocycles. The summed E-state index contributed by atoms with van der Waals surface area (Å²) in [6.45, 7) is 4.75. The van der Waals surface area contributed by atoms with Gasteiger partial charge in [-0.25, -0.2) is 4.68 Å². The second-order valence-electron chi connectivity index (χ2n) is 6.11. The van der Waals surface area contributed by atoms with Gasteiger partial charge >= 0.3 is 0 Å². The van der Waals surface area contributed by atoms with Gasteiger partial charge < -0.3 is 8.98 Å². The molecular formula is C19H18N4O2. The largest absolute Gasteiger partial charge is 0.467 e. The molecule has 0 aliphatic rings. The van der Waals surface area contributed by atoms with Crippen LogP contribution in [0, 0.1) is 13.8 Å². The van der Waals surface area contributed by atoms with Crippen molar-refractivity contribution in [3.05, 3.63) is 71.4 Å². The molecule has 6 heteroatoms. The Balaban J connectivity index is 1.62. The Labute approximate surface area is 144 Å². The first-order valence-corrected chi connectivity index (χ1v) is 8.14. The van der Waals surface area contributed by atoms with Gasteiger partial charge in [0.1, 0.15) is 17.8 Å². The lowest BCUT2D eigenvalue weighted by molar-refractivity contribution is 0.0967. The van der Waals surface area contributed by atoms with Crippen molar-refractivity contribution in [3.63, 3.8) is 0 Å². The van der Waals surface area contributed by atoms with Crippen LogP contribution in [0.15, 0.2) is 53.1 Å². The summed E-state index contributed by atoms with van der Waals surface area (Å²) in [5.41, 5.74) is 4.33. The summed E-state index contributed by atoms with van der Waals surface area (Å²) in [7, 11) is 0. The number of ketones is 1. The van der Waals surface area contributed by atoms with Crippen molar-refractivity contribution in [3.8, 4) is 0 Å². The maximum absolute atomic E-state index is 12.8. The number of carbonyl (C=O) groups excluding carboxylic acids is 1. The minimum atomic E-state index is 0.0226. The Bertz CT molecular complexity index is 1040.